The summed E-state index contributed by atoms with van der Waals surface area (Å²) in [6.45, 7) is 7.26. The normalized spacial score (nSPS) is 12.0. The topological polar surface area (TPSA) is 80.1 Å². The SMILES string of the molecule is Cc1cccc(CCN(C(=O)Cn2nnc3ccccc32)C(C(=O)NCCC(C)C)c2ccccc2)c1. The lowest BCUT2D eigenvalue weighted by Crippen LogP contribution is -2.46. The van der Waals surface area contributed by atoms with Gasteiger partial charge in [-0.15, -0.1) is 5.10 Å². The van der Waals surface area contributed by atoms with E-state index >= 15 is 0 Å². The van der Waals surface area contributed by atoms with E-state index in [4.69, 9.17) is 0 Å². The van der Waals surface area contributed by atoms with Crippen molar-refractivity contribution in [3.05, 3.63) is 95.6 Å². The maximum absolute atomic E-state index is 13.9. The Morgan fingerprint density at radius 1 is 0.973 bits per heavy atom. The van der Waals surface area contributed by atoms with Crippen molar-refractivity contribution in [3.8, 4) is 0 Å². The summed E-state index contributed by atoms with van der Waals surface area (Å²) in [4.78, 5) is 29.2. The maximum atomic E-state index is 13.9. The van der Waals surface area contributed by atoms with Gasteiger partial charge in [0.2, 0.25) is 11.8 Å². The number of aryl methyl sites for hydroxylation is 1. The highest BCUT2D eigenvalue weighted by Crippen LogP contribution is 2.23. The smallest absolute Gasteiger partial charge is 0.247 e. The van der Waals surface area contributed by atoms with Gasteiger partial charge in [-0.25, -0.2) is 4.68 Å². The molecule has 1 atom stereocenters. The minimum absolute atomic E-state index is 0.00304. The second-order valence-corrected chi connectivity index (χ2v) is 9.85. The zero-order valence-electron chi connectivity index (χ0n) is 21.8. The number of para-hydroxylation sites is 1. The molecule has 1 aromatic heterocycles. The van der Waals surface area contributed by atoms with E-state index in [-0.39, 0.29) is 18.4 Å². The van der Waals surface area contributed by atoms with Gasteiger partial charge >= 0.3 is 0 Å². The van der Waals surface area contributed by atoms with Crippen LogP contribution in [-0.2, 0) is 22.6 Å². The Morgan fingerprint density at radius 3 is 2.49 bits per heavy atom. The van der Waals surface area contributed by atoms with Crippen LogP contribution in [0, 0.1) is 12.8 Å². The van der Waals surface area contributed by atoms with Crippen LogP contribution in [0.1, 0.15) is 43.0 Å². The Labute approximate surface area is 218 Å². The van der Waals surface area contributed by atoms with E-state index in [1.807, 2.05) is 60.7 Å². The summed E-state index contributed by atoms with van der Waals surface area (Å²) in [6, 6.07) is 24.6. The number of carbonyl (C=O) groups is 2. The molecule has 0 saturated heterocycles. The first-order chi connectivity index (χ1) is 17.9. The average Bonchev–Trinajstić information content (AvgIpc) is 3.29. The van der Waals surface area contributed by atoms with Gasteiger partial charge in [-0.2, -0.15) is 0 Å². The Bertz CT molecular complexity index is 1330. The Kier molecular flexibility index (Phi) is 8.67. The van der Waals surface area contributed by atoms with Crippen LogP contribution in [-0.4, -0.2) is 44.8 Å². The second-order valence-electron chi connectivity index (χ2n) is 9.85. The first-order valence-electron chi connectivity index (χ1n) is 12.9. The fourth-order valence-corrected chi connectivity index (χ4v) is 4.46. The third kappa shape index (κ3) is 6.82. The van der Waals surface area contributed by atoms with Crippen molar-refractivity contribution in [2.24, 2.45) is 5.92 Å². The van der Waals surface area contributed by atoms with Crippen molar-refractivity contribution in [2.75, 3.05) is 13.1 Å². The highest BCUT2D eigenvalue weighted by molar-refractivity contribution is 5.89. The zero-order valence-corrected chi connectivity index (χ0v) is 21.8. The molecule has 7 heteroatoms. The molecule has 0 aliphatic heterocycles. The Hall–Kier alpha value is -4.00. The lowest BCUT2D eigenvalue weighted by atomic mass is 10.0. The number of carbonyl (C=O) groups excluding carboxylic acids is 2. The highest BCUT2D eigenvalue weighted by atomic mass is 16.2. The van der Waals surface area contributed by atoms with Crippen LogP contribution in [0.4, 0.5) is 0 Å². The van der Waals surface area contributed by atoms with Crippen LogP contribution in [0.25, 0.3) is 11.0 Å². The van der Waals surface area contributed by atoms with Crippen molar-refractivity contribution in [3.63, 3.8) is 0 Å². The van der Waals surface area contributed by atoms with Crippen LogP contribution in [0.5, 0.6) is 0 Å². The quantitative estimate of drug-likeness (QED) is 0.325. The van der Waals surface area contributed by atoms with E-state index in [0.717, 1.165) is 34.1 Å². The minimum Gasteiger partial charge on any atom is -0.354 e. The number of rotatable bonds is 11. The van der Waals surface area contributed by atoms with Gasteiger partial charge in [0, 0.05) is 13.1 Å². The Balaban J connectivity index is 1.65. The van der Waals surface area contributed by atoms with Gasteiger partial charge in [-0.1, -0.05) is 91.4 Å². The summed E-state index contributed by atoms with van der Waals surface area (Å²) >= 11 is 0. The minimum atomic E-state index is -0.750. The largest absolute Gasteiger partial charge is 0.354 e. The molecule has 4 aromatic rings. The van der Waals surface area contributed by atoms with Crippen LogP contribution in [0.15, 0.2) is 78.9 Å². The first-order valence-corrected chi connectivity index (χ1v) is 12.9. The molecule has 0 fully saturated rings. The molecule has 1 heterocycles. The molecule has 37 heavy (non-hydrogen) atoms. The fraction of sp³-hybridized carbons (Fsp3) is 0.333. The van der Waals surface area contributed by atoms with Crippen LogP contribution < -0.4 is 5.32 Å². The highest BCUT2D eigenvalue weighted by Gasteiger charge is 2.31. The molecule has 0 saturated carbocycles. The molecule has 192 valence electrons. The number of nitrogens with one attached hydrogen (secondary N) is 1. The van der Waals surface area contributed by atoms with E-state index in [2.05, 4.69) is 54.6 Å². The molecule has 0 bridgehead atoms. The average molecular weight is 498 g/mol. The molecule has 0 radical (unpaired) electrons. The molecule has 0 aliphatic rings. The van der Waals surface area contributed by atoms with E-state index in [0.29, 0.717) is 25.4 Å². The van der Waals surface area contributed by atoms with Crippen molar-refractivity contribution in [1.29, 1.82) is 0 Å². The maximum Gasteiger partial charge on any atom is 0.247 e. The summed E-state index contributed by atoms with van der Waals surface area (Å²) in [5.41, 5.74) is 4.58. The van der Waals surface area contributed by atoms with Gasteiger partial charge in [0.05, 0.1) is 5.52 Å². The molecule has 1 unspecified atom stereocenters. The molecule has 7 nitrogen and oxygen atoms in total. The van der Waals surface area contributed by atoms with Gasteiger partial charge in [-0.3, -0.25) is 9.59 Å². The summed E-state index contributed by atoms with van der Waals surface area (Å²) in [7, 11) is 0. The van der Waals surface area contributed by atoms with Crippen LogP contribution in [0.2, 0.25) is 0 Å². The standard InChI is InChI=1S/C30H35N5O2/c1-22(2)16-18-31-30(37)29(25-12-5-4-6-13-25)34(19-17-24-11-9-10-23(3)20-24)28(36)21-35-27-15-8-7-14-26(27)32-33-35/h4-15,20,22,29H,16-19,21H2,1-3H3,(H,31,37). The summed E-state index contributed by atoms with van der Waals surface area (Å²) in [5, 5.41) is 11.5. The van der Waals surface area contributed by atoms with Gasteiger partial charge in [0.25, 0.3) is 0 Å². The zero-order chi connectivity index (χ0) is 26.2. The van der Waals surface area contributed by atoms with Crippen LogP contribution in [0.3, 0.4) is 0 Å². The third-order valence-corrected chi connectivity index (χ3v) is 6.45. The summed E-state index contributed by atoms with van der Waals surface area (Å²) < 4.78 is 1.61. The molecular formula is C30H35N5O2. The van der Waals surface area contributed by atoms with E-state index in [1.165, 1.54) is 0 Å². The molecule has 0 aliphatic carbocycles. The number of amides is 2. The predicted molar refractivity (Wildman–Crippen MR) is 146 cm³/mol. The number of hydrogen-bond donors (Lipinski definition) is 1. The summed E-state index contributed by atoms with van der Waals surface area (Å²) in [5.74, 6) is 0.110. The van der Waals surface area contributed by atoms with E-state index < -0.39 is 6.04 Å². The number of nitrogens with zero attached hydrogens (tertiary/aromatic N) is 4. The monoisotopic (exact) mass is 497 g/mol. The van der Waals surface area contributed by atoms with Crippen molar-refractivity contribution < 1.29 is 9.59 Å². The number of aromatic nitrogens is 3. The van der Waals surface area contributed by atoms with Gasteiger partial charge in [0.1, 0.15) is 18.1 Å². The number of hydrogen-bond acceptors (Lipinski definition) is 4. The molecular weight excluding hydrogens is 462 g/mol. The summed E-state index contributed by atoms with van der Waals surface area (Å²) in [6.07, 6.45) is 1.50. The predicted octanol–water partition coefficient (Wildman–Crippen LogP) is 4.71. The van der Waals surface area contributed by atoms with Gasteiger partial charge in [0.15, 0.2) is 0 Å². The lowest BCUT2D eigenvalue weighted by molar-refractivity contribution is -0.141. The van der Waals surface area contributed by atoms with Gasteiger partial charge < -0.3 is 10.2 Å². The molecule has 0 spiro atoms. The van der Waals surface area contributed by atoms with Crippen molar-refractivity contribution >= 4 is 22.8 Å². The number of fused-ring (bicyclic) bond motifs is 1. The first kappa shape index (κ1) is 26.1. The van der Waals surface area contributed by atoms with Crippen LogP contribution >= 0.6 is 0 Å². The third-order valence-electron chi connectivity index (χ3n) is 6.45. The van der Waals surface area contributed by atoms with E-state index in [1.54, 1.807) is 9.58 Å². The van der Waals surface area contributed by atoms with Crippen molar-refractivity contribution in [1.82, 2.24) is 25.2 Å². The molecule has 4 rings (SSSR count). The second kappa shape index (κ2) is 12.3. The number of benzene rings is 3. The van der Waals surface area contributed by atoms with Crippen molar-refractivity contribution in [2.45, 2.75) is 46.2 Å². The van der Waals surface area contributed by atoms with E-state index in [9.17, 15) is 9.59 Å². The van der Waals surface area contributed by atoms with Gasteiger partial charge in [-0.05, 0) is 48.9 Å². The lowest BCUT2D eigenvalue weighted by Gasteiger charge is -2.32. The Morgan fingerprint density at radius 2 is 1.73 bits per heavy atom. The molecule has 3 aromatic carbocycles. The molecule has 1 N–H and O–H groups in total. The molecule has 2 amide bonds. The fourth-order valence-electron chi connectivity index (χ4n) is 4.46.